The van der Waals surface area contributed by atoms with Gasteiger partial charge in [0.15, 0.2) is 12.9 Å². The first kappa shape index (κ1) is 31.2. The average Bonchev–Trinajstić information content (AvgIpc) is 3.07. The third kappa shape index (κ3) is 5.37. The molecule has 0 amide bonds. The summed E-state index contributed by atoms with van der Waals surface area (Å²) >= 11 is 0. The molecular formula is C35H26F3O6PS. The molecule has 6 nitrogen and oxygen atoms in total. The number of alkyl halides is 3. The second-order valence-corrected chi connectivity index (χ2v) is 14.6. The third-order valence-corrected chi connectivity index (χ3v) is 11.7. The van der Waals surface area contributed by atoms with Gasteiger partial charge in [0.2, 0.25) is 0 Å². The molecule has 0 aliphatic heterocycles. The van der Waals surface area contributed by atoms with Crippen molar-refractivity contribution in [2.75, 3.05) is 14.2 Å². The Morgan fingerprint density at radius 1 is 0.609 bits per heavy atom. The number of ether oxygens (including phenoxy) is 2. The van der Waals surface area contributed by atoms with Crippen LogP contribution in [0.2, 0.25) is 0 Å². The van der Waals surface area contributed by atoms with E-state index in [1.807, 2.05) is 6.07 Å². The molecule has 11 heteroatoms. The van der Waals surface area contributed by atoms with Crippen LogP contribution >= 0.6 is 7.14 Å². The molecule has 234 valence electrons. The third-order valence-electron chi connectivity index (χ3n) is 7.70. The highest BCUT2D eigenvalue weighted by molar-refractivity contribution is 7.88. The fraction of sp³-hybridized carbons (Fsp3) is 0.0857. The molecule has 6 rings (SSSR count). The predicted octanol–water partition coefficient (Wildman–Crippen LogP) is 7.55. The summed E-state index contributed by atoms with van der Waals surface area (Å²) in [7, 11) is -7.04. The quantitative estimate of drug-likeness (QED) is 0.0952. The van der Waals surface area contributed by atoms with Gasteiger partial charge in [-0.15, -0.1) is 0 Å². The summed E-state index contributed by atoms with van der Waals surface area (Å²) in [4.78, 5) is 0. The van der Waals surface area contributed by atoms with Crippen molar-refractivity contribution in [3.8, 4) is 28.4 Å². The van der Waals surface area contributed by atoms with Crippen LogP contribution in [0.25, 0.3) is 32.7 Å². The summed E-state index contributed by atoms with van der Waals surface area (Å²) in [6.45, 7) is 0. The number of hydrogen-bond acceptors (Lipinski definition) is 6. The Bertz CT molecular complexity index is 2220. The van der Waals surface area contributed by atoms with Gasteiger partial charge < -0.3 is 18.2 Å². The lowest BCUT2D eigenvalue weighted by Gasteiger charge is -2.26. The Morgan fingerprint density at radius 3 is 1.63 bits per heavy atom. The summed E-state index contributed by atoms with van der Waals surface area (Å²) < 4.78 is 97.8. The number of methoxy groups -OCH3 is 2. The minimum Gasteiger partial charge on any atom is -0.497 e. The van der Waals surface area contributed by atoms with Crippen LogP contribution in [-0.2, 0) is 14.7 Å². The van der Waals surface area contributed by atoms with Crippen molar-refractivity contribution in [1.82, 2.24) is 0 Å². The number of fused-ring (bicyclic) bond motifs is 2. The highest BCUT2D eigenvalue weighted by Crippen LogP contribution is 2.51. The summed E-state index contributed by atoms with van der Waals surface area (Å²) in [5.41, 5.74) is -5.38. The summed E-state index contributed by atoms with van der Waals surface area (Å²) in [5.74, 6) is 0.318. The van der Waals surface area contributed by atoms with E-state index in [0.717, 1.165) is 0 Å². The predicted molar refractivity (Wildman–Crippen MR) is 175 cm³/mol. The molecule has 46 heavy (non-hydrogen) atoms. The Balaban J connectivity index is 1.81. The van der Waals surface area contributed by atoms with E-state index in [-0.39, 0.29) is 16.4 Å². The van der Waals surface area contributed by atoms with Gasteiger partial charge in [-0.25, -0.2) is 0 Å². The second-order valence-electron chi connectivity index (χ2n) is 10.3. The Labute approximate surface area is 263 Å². The molecule has 6 aromatic carbocycles. The zero-order chi connectivity index (χ0) is 32.7. The molecule has 6 aromatic rings. The second kappa shape index (κ2) is 11.9. The highest BCUT2D eigenvalue weighted by Gasteiger charge is 2.49. The molecular weight excluding hydrogens is 636 g/mol. The van der Waals surface area contributed by atoms with Crippen LogP contribution in [0.5, 0.6) is 17.2 Å². The monoisotopic (exact) mass is 662 g/mol. The maximum atomic E-state index is 16.0. The van der Waals surface area contributed by atoms with Crippen molar-refractivity contribution in [2.45, 2.75) is 5.51 Å². The van der Waals surface area contributed by atoms with E-state index in [1.54, 1.807) is 103 Å². The molecule has 0 radical (unpaired) electrons. The van der Waals surface area contributed by atoms with Crippen molar-refractivity contribution in [3.05, 3.63) is 121 Å². The lowest BCUT2D eigenvalue weighted by atomic mass is 9.93. The maximum absolute atomic E-state index is 16.0. The average molecular weight is 663 g/mol. The van der Waals surface area contributed by atoms with Gasteiger partial charge in [0.05, 0.1) is 14.2 Å². The van der Waals surface area contributed by atoms with Crippen molar-refractivity contribution >= 4 is 54.7 Å². The van der Waals surface area contributed by atoms with Gasteiger partial charge in [0, 0.05) is 27.0 Å². The molecule has 0 aromatic heterocycles. The molecule has 0 saturated heterocycles. The van der Waals surface area contributed by atoms with Crippen LogP contribution in [0.3, 0.4) is 0 Å². The topological polar surface area (TPSA) is 78.9 Å². The van der Waals surface area contributed by atoms with Crippen molar-refractivity contribution in [1.29, 1.82) is 0 Å². The molecule has 0 N–H and O–H groups in total. The molecule has 0 aliphatic rings. The van der Waals surface area contributed by atoms with Gasteiger partial charge >= 0.3 is 15.6 Å². The summed E-state index contributed by atoms with van der Waals surface area (Å²) in [5, 5.41) is 3.21. The molecule has 0 aliphatic carbocycles. The van der Waals surface area contributed by atoms with Gasteiger partial charge in [0.1, 0.15) is 11.5 Å². The minimum absolute atomic E-state index is 0.0451. The van der Waals surface area contributed by atoms with E-state index < -0.39 is 28.5 Å². The van der Waals surface area contributed by atoms with Crippen molar-refractivity contribution < 1.29 is 39.8 Å². The van der Waals surface area contributed by atoms with Crippen molar-refractivity contribution in [2.24, 2.45) is 0 Å². The standard InChI is InChI=1S/C35H26F3O6PS/c1-42-25-11-7-13-27(21-25)45(39,28-14-8-12-26(22-28)43-2)32-20-18-24-10-4-6-16-30(24)34(32)33-29-15-5-3-9-23(29)17-19-31(33)44-46(40,41)35(36,37)38/h3-22H,1-2H3. The zero-order valence-electron chi connectivity index (χ0n) is 24.5. The van der Waals surface area contributed by atoms with Gasteiger partial charge in [-0.2, -0.15) is 21.6 Å². The number of rotatable bonds is 8. The highest BCUT2D eigenvalue weighted by atomic mass is 32.2. The van der Waals surface area contributed by atoms with Crippen molar-refractivity contribution in [3.63, 3.8) is 0 Å². The molecule has 0 bridgehead atoms. The first-order valence-electron chi connectivity index (χ1n) is 13.9. The first-order chi connectivity index (χ1) is 22.0. The fourth-order valence-corrected chi connectivity index (χ4v) is 8.94. The Hall–Kier alpha value is -4.79. The number of halogens is 3. The van der Waals surface area contributed by atoms with E-state index in [0.29, 0.717) is 43.7 Å². The molecule has 0 spiro atoms. The van der Waals surface area contributed by atoms with E-state index in [1.165, 1.54) is 26.4 Å². The Kier molecular flexibility index (Phi) is 8.04. The van der Waals surface area contributed by atoms with Crippen LogP contribution in [0.4, 0.5) is 13.2 Å². The number of benzene rings is 6. The van der Waals surface area contributed by atoms with Crippen LogP contribution in [-0.4, -0.2) is 28.1 Å². The van der Waals surface area contributed by atoms with Gasteiger partial charge in [-0.3, -0.25) is 0 Å². The van der Waals surface area contributed by atoms with Crippen LogP contribution in [0.1, 0.15) is 0 Å². The minimum atomic E-state index is -6.08. The fourth-order valence-electron chi connectivity index (χ4n) is 5.57. The van der Waals surface area contributed by atoms with E-state index in [9.17, 15) is 21.6 Å². The van der Waals surface area contributed by atoms with E-state index >= 15 is 4.57 Å². The zero-order valence-corrected chi connectivity index (χ0v) is 26.2. The summed E-state index contributed by atoms with van der Waals surface area (Å²) in [6.07, 6.45) is 0. The molecule has 0 saturated carbocycles. The summed E-state index contributed by atoms with van der Waals surface area (Å²) in [6, 6.07) is 33.5. The molecule has 0 atom stereocenters. The smallest absolute Gasteiger partial charge is 0.497 e. The largest absolute Gasteiger partial charge is 0.534 e. The van der Waals surface area contributed by atoms with Crippen LogP contribution < -0.4 is 29.6 Å². The SMILES string of the molecule is COc1cccc(P(=O)(c2cccc(OC)c2)c2ccc3ccccc3c2-c2c(OS(=O)(=O)C(F)(F)F)ccc3ccccc23)c1. The Morgan fingerprint density at radius 2 is 1.11 bits per heavy atom. The normalized spacial score (nSPS) is 12.3. The lowest BCUT2D eigenvalue weighted by molar-refractivity contribution is -0.0499. The lowest BCUT2D eigenvalue weighted by Crippen LogP contribution is -2.29. The van der Waals surface area contributed by atoms with E-state index in [4.69, 9.17) is 13.7 Å². The van der Waals surface area contributed by atoms with Gasteiger partial charge in [0.25, 0.3) is 0 Å². The molecule has 0 fully saturated rings. The van der Waals surface area contributed by atoms with Gasteiger partial charge in [-0.05, 0) is 57.9 Å². The first-order valence-corrected chi connectivity index (χ1v) is 17.0. The molecule has 0 heterocycles. The van der Waals surface area contributed by atoms with Crippen LogP contribution in [0.15, 0.2) is 121 Å². The molecule has 0 unspecified atom stereocenters. The maximum Gasteiger partial charge on any atom is 0.534 e. The number of hydrogen-bond donors (Lipinski definition) is 0. The van der Waals surface area contributed by atoms with Crippen LogP contribution in [0, 0.1) is 0 Å². The van der Waals surface area contributed by atoms with Gasteiger partial charge in [-0.1, -0.05) is 84.9 Å². The van der Waals surface area contributed by atoms with E-state index in [2.05, 4.69) is 0 Å².